The van der Waals surface area contributed by atoms with Crippen LogP contribution in [-0.2, 0) is 9.53 Å². The van der Waals surface area contributed by atoms with Gasteiger partial charge in [0.15, 0.2) is 0 Å². The predicted octanol–water partition coefficient (Wildman–Crippen LogP) is 4.62. The molecular weight excluding hydrogens is 396 g/mol. The summed E-state index contributed by atoms with van der Waals surface area (Å²) in [7, 11) is 1.62. The summed E-state index contributed by atoms with van der Waals surface area (Å²) in [6.45, 7) is 3.05. The molecule has 0 radical (unpaired) electrons. The van der Waals surface area contributed by atoms with Crippen LogP contribution >= 0.6 is 23.4 Å². The number of rotatable bonds is 10. The van der Waals surface area contributed by atoms with Gasteiger partial charge in [0, 0.05) is 30.2 Å². The quantitative estimate of drug-likeness (QED) is 0.435. The number of hydrogen-bond acceptors (Lipinski definition) is 4. The van der Waals surface area contributed by atoms with Gasteiger partial charge in [-0.3, -0.25) is 9.59 Å². The summed E-state index contributed by atoms with van der Waals surface area (Å²) in [5.74, 6) is -0.354. The van der Waals surface area contributed by atoms with Crippen LogP contribution in [0.3, 0.4) is 0 Å². The van der Waals surface area contributed by atoms with Gasteiger partial charge in [-0.25, -0.2) is 0 Å². The standard InChI is InChI=1S/C21H25ClN2O3S/c1-3-19(28-16-11-9-15(22)10-12-16)21(26)24-18-8-5-4-7-17(18)20(25)23-13-6-14-27-2/h4-5,7-12,19H,3,6,13-14H2,1-2H3,(H,23,25)(H,24,26)/t19-/m1/s1. The molecule has 0 aromatic heterocycles. The molecule has 2 amide bonds. The van der Waals surface area contributed by atoms with Gasteiger partial charge in [0.1, 0.15) is 0 Å². The normalized spacial score (nSPS) is 11.7. The van der Waals surface area contributed by atoms with Crippen molar-refractivity contribution in [3.05, 3.63) is 59.1 Å². The number of halogens is 1. The van der Waals surface area contributed by atoms with E-state index in [9.17, 15) is 9.59 Å². The van der Waals surface area contributed by atoms with Crippen molar-refractivity contribution >= 4 is 40.9 Å². The molecule has 0 heterocycles. The van der Waals surface area contributed by atoms with Gasteiger partial charge in [0.2, 0.25) is 5.91 Å². The van der Waals surface area contributed by atoms with Crippen LogP contribution in [0.4, 0.5) is 5.69 Å². The summed E-state index contributed by atoms with van der Waals surface area (Å²) in [6, 6.07) is 14.4. The molecule has 0 aliphatic heterocycles. The second-order valence-corrected chi connectivity index (χ2v) is 7.82. The highest BCUT2D eigenvalue weighted by atomic mass is 35.5. The van der Waals surface area contributed by atoms with Gasteiger partial charge in [0.25, 0.3) is 5.91 Å². The topological polar surface area (TPSA) is 67.4 Å². The average molecular weight is 421 g/mol. The molecule has 28 heavy (non-hydrogen) atoms. The number of anilines is 1. The van der Waals surface area contributed by atoms with Crippen LogP contribution in [-0.4, -0.2) is 37.3 Å². The number of hydrogen-bond donors (Lipinski definition) is 2. The highest BCUT2D eigenvalue weighted by molar-refractivity contribution is 8.00. The first-order valence-corrected chi connectivity index (χ1v) is 10.4. The summed E-state index contributed by atoms with van der Waals surface area (Å²) in [4.78, 5) is 26.2. The first kappa shape index (κ1) is 22.3. The third-order valence-electron chi connectivity index (χ3n) is 4.00. The van der Waals surface area contributed by atoms with E-state index < -0.39 is 0 Å². The van der Waals surface area contributed by atoms with Crippen molar-refractivity contribution in [2.24, 2.45) is 0 Å². The molecule has 0 saturated heterocycles. The molecule has 2 rings (SSSR count). The minimum absolute atomic E-state index is 0.137. The molecule has 0 saturated carbocycles. The van der Waals surface area contributed by atoms with E-state index in [0.717, 1.165) is 11.3 Å². The number of amides is 2. The van der Waals surface area contributed by atoms with Gasteiger partial charge in [-0.05, 0) is 49.2 Å². The molecule has 0 fully saturated rings. The molecule has 2 aromatic rings. The molecule has 5 nitrogen and oxygen atoms in total. The number of carbonyl (C=O) groups is 2. The molecule has 0 bridgehead atoms. The maximum absolute atomic E-state index is 12.8. The number of para-hydroxylation sites is 1. The highest BCUT2D eigenvalue weighted by Gasteiger charge is 2.20. The van der Waals surface area contributed by atoms with Crippen LogP contribution in [0.5, 0.6) is 0 Å². The smallest absolute Gasteiger partial charge is 0.253 e. The zero-order valence-electron chi connectivity index (χ0n) is 16.0. The van der Waals surface area contributed by atoms with Crippen LogP contribution in [0.15, 0.2) is 53.4 Å². The summed E-state index contributed by atoms with van der Waals surface area (Å²) in [6.07, 6.45) is 1.39. The fraction of sp³-hybridized carbons (Fsp3) is 0.333. The SMILES string of the molecule is CC[C@@H](Sc1ccc(Cl)cc1)C(=O)Nc1ccccc1C(=O)NCCCOC. The number of nitrogens with one attached hydrogen (secondary N) is 2. The summed E-state index contributed by atoms with van der Waals surface area (Å²) in [5.41, 5.74) is 0.950. The molecule has 0 unspecified atom stereocenters. The van der Waals surface area contributed by atoms with E-state index in [4.69, 9.17) is 16.3 Å². The van der Waals surface area contributed by atoms with E-state index in [-0.39, 0.29) is 17.1 Å². The highest BCUT2D eigenvalue weighted by Crippen LogP contribution is 2.28. The molecule has 2 aromatic carbocycles. The van der Waals surface area contributed by atoms with Crippen molar-refractivity contribution in [3.8, 4) is 0 Å². The van der Waals surface area contributed by atoms with Crippen molar-refractivity contribution < 1.29 is 14.3 Å². The zero-order valence-corrected chi connectivity index (χ0v) is 17.6. The lowest BCUT2D eigenvalue weighted by atomic mass is 10.1. The van der Waals surface area contributed by atoms with Crippen molar-refractivity contribution in [2.45, 2.75) is 29.9 Å². The molecule has 0 spiro atoms. The van der Waals surface area contributed by atoms with Crippen LogP contribution in [0.25, 0.3) is 0 Å². The monoisotopic (exact) mass is 420 g/mol. The molecule has 2 N–H and O–H groups in total. The Bertz CT molecular complexity index is 783. The maximum atomic E-state index is 12.8. The molecular formula is C21H25ClN2O3S. The van der Waals surface area contributed by atoms with Crippen molar-refractivity contribution in [1.29, 1.82) is 0 Å². The number of methoxy groups -OCH3 is 1. The lowest BCUT2D eigenvalue weighted by Crippen LogP contribution is -2.29. The van der Waals surface area contributed by atoms with Crippen LogP contribution < -0.4 is 10.6 Å². The molecule has 1 atom stereocenters. The summed E-state index contributed by atoms with van der Waals surface area (Å²) < 4.78 is 4.98. The Morgan fingerprint density at radius 1 is 1.14 bits per heavy atom. The lowest BCUT2D eigenvalue weighted by Gasteiger charge is -2.17. The largest absolute Gasteiger partial charge is 0.385 e. The molecule has 150 valence electrons. The van der Waals surface area contributed by atoms with Gasteiger partial charge in [-0.15, -0.1) is 11.8 Å². The lowest BCUT2D eigenvalue weighted by molar-refractivity contribution is -0.115. The summed E-state index contributed by atoms with van der Waals surface area (Å²) >= 11 is 7.39. The fourth-order valence-electron chi connectivity index (χ4n) is 2.52. The van der Waals surface area contributed by atoms with E-state index in [0.29, 0.717) is 35.8 Å². The second-order valence-electron chi connectivity index (χ2n) is 6.11. The minimum atomic E-state index is -0.279. The first-order chi connectivity index (χ1) is 13.5. The van der Waals surface area contributed by atoms with E-state index >= 15 is 0 Å². The van der Waals surface area contributed by atoms with Gasteiger partial charge < -0.3 is 15.4 Å². The maximum Gasteiger partial charge on any atom is 0.253 e. The van der Waals surface area contributed by atoms with E-state index in [1.165, 1.54) is 11.8 Å². The number of thioether (sulfide) groups is 1. The Hall–Kier alpha value is -2.02. The summed E-state index contributed by atoms with van der Waals surface area (Å²) in [5, 5.41) is 6.13. The van der Waals surface area contributed by atoms with E-state index in [1.54, 1.807) is 43.5 Å². The Balaban J connectivity index is 2.03. The van der Waals surface area contributed by atoms with Crippen molar-refractivity contribution in [1.82, 2.24) is 5.32 Å². The number of carbonyl (C=O) groups excluding carboxylic acids is 2. The predicted molar refractivity (Wildman–Crippen MR) is 115 cm³/mol. The van der Waals surface area contributed by atoms with Crippen LogP contribution in [0.2, 0.25) is 5.02 Å². The van der Waals surface area contributed by atoms with Crippen molar-refractivity contribution in [2.75, 3.05) is 25.6 Å². The Kier molecular flexibility index (Phi) is 9.34. The fourth-order valence-corrected chi connectivity index (χ4v) is 3.60. The van der Waals surface area contributed by atoms with E-state index in [1.807, 2.05) is 19.1 Å². The molecule has 0 aliphatic rings. The van der Waals surface area contributed by atoms with Gasteiger partial charge in [-0.1, -0.05) is 30.7 Å². The van der Waals surface area contributed by atoms with E-state index in [2.05, 4.69) is 10.6 Å². The second kappa shape index (κ2) is 11.7. The average Bonchev–Trinajstić information content (AvgIpc) is 2.71. The Labute approximate surface area is 175 Å². The van der Waals surface area contributed by atoms with Gasteiger partial charge >= 0.3 is 0 Å². The Morgan fingerprint density at radius 2 is 1.86 bits per heavy atom. The third kappa shape index (κ3) is 6.86. The first-order valence-electron chi connectivity index (χ1n) is 9.14. The van der Waals surface area contributed by atoms with Gasteiger partial charge in [-0.2, -0.15) is 0 Å². The molecule has 7 heteroatoms. The zero-order chi connectivity index (χ0) is 20.4. The number of ether oxygens (including phenoxy) is 1. The number of benzene rings is 2. The molecule has 0 aliphatic carbocycles. The third-order valence-corrected chi connectivity index (χ3v) is 5.62. The van der Waals surface area contributed by atoms with Crippen LogP contribution in [0.1, 0.15) is 30.1 Å². The van der Waals surface area contributed by atoms with Crippen molar-refractivity contribution in [3.63, 3.8) is 0 Å². The van der Waals surface area contributed by atoms with Gasteiger partial charge in [0.05, 0.1) is 16.5 Å². The van der Waals surface area contributed by atoms with Crippen LogP contribution in [0, 0.1) is 0 Å². The Morgan fingerprint density at radius 3 is 2.54 bits per heavy atom. The minimum Gasteiger partial charge on any atom is -0.385 e.